The molecule has 15 heavy (non-hydrogen) atoms. The molecule has 0 aliphatic heterocycles. The molecular weight excluding hydrogens is 206 g/mol. The fraction of sp³-hybridized carbons (Fsp3) is 0.500. The molecule has 1 aromatic rings. The molecule has 0 saturated carbocycles. The largest absolute Gasteiger partial charge is 0.398 e. The molecule has 0 radical (unpaired) electrons. The van der Waals surface area contributed by atoms with E-state index >= 15 is 0 Å². The summed E-state index contributed by atoms with van der Waals surface area (Å²) in [6.45, 7) is 7.67. The Kier molecular flexibility index (Phi) is 3.36. The number of aliphatic hydroxyl groups is 1. The summed E-state index contributed by atoms with van der Waals surface area (Å²) in [5.74, 6) is 0. The molecule has 0 amide bonds. The fourth-order valence-electron chi connectivity index (χ4n) is 0.973. The summed E-state index contributed by atoms with van der Waals surface area (Å²) in [4.78, 5) is 1.02. The highest BCUT2D eigenvalue weighted by Gasteiger charge is 2.36. The van der Waals surface area contributed by atoms with Gasteiger partial charge < -0.3 is 10.8 Å². The van der Waals surface area contributed by atoms with Crippen LogP contribution in [0.1, 0.15) is 27.7 Å². The van der Waals surface area contributed by atoms with E-state index in [0.717, 1.165) is 10.6 Å². The van der Waals surface area contributed by atoms with E-state index in [-0.39, 0.29) is 4.75 Å². The van der Waals surface area contributed by atoms with Gasteiger partial charge in [-0.05, 0) is 39.8 Å². The topological polar surface area (TPSA) is 46.2 Å². The normalized spacial score (nSPS) is 12.9. The van der Waals surface area contributed by atoms with E-state index in [9.17, 15) is 5.11 Å². The maximum atomic E-state index is 10.0. The first kappa shape index (κ1) is 12.4. The number of nitrogen functional groups attached to an aromatic ring is 1. The number of rotatable bonds is 3. The van der Waals surface area contributed by atoms with Crippen LogP contribution in [0.25, 0.3) is 0 Å². The second kappa shape index (κ2) is 4.06. The zero-order chi connectivity index (χ0) is 11.7. The molecule has 1 rings (SSSR count). The molecule has 0 heterocycles. The van der Waals surface area contributed by atoms with Gasteiger partial charge in [0.05, 0.1) is 5.60 Å². The van der Waals surface area contributed by atoms with Gasteiger partial charge in [0.15, 0.2) is 0 Å². The smallest absolute Gasteiger partial charge is 0.0735 e. The summed E-state index contributed by atoms with van der Waals surface area (Å²) < 4.78 is -0.275. The number of hydrogen-bond donors (Lipinski definition) is 2. The molecule has 0 fully saturated rings. The van der Waals surface area contributed by atoms with Gasteiger partial charge in [-0.15, -0.1) is 11.8 Å². The molecule has 0 saturated heterocycles. The van der Waals surface area contributed by atoms with Crippen LogP contribution in [0, 0.1) is 0 Å². The lowest BCUT2D eigenvalue weighted by Gasteiger charge is -2.36. The molecule has 0 spiro atoms. The van der Waals surface area contributed by atoms with Crippen molar-refractivity contribution in [2.24, 2.45) is 0 Å². The van der Waals surface area contributed by atoms with Crippen molar-refractivity contribution in [3.8, 4) is 0 Å². The number of hydrogen-bond acceptors (Lipinski definition) is 3. The molecule has 0 atom stereocenters. The van der Waals surface area contributed by atoms with Crippen LogP contribution in [0.15, 0.2) is 29.2 Å². The van der Waals surface area contributed by atoms with E-state index in [1.54, 1.807) is 11.8 Å². The van der Waals surface area contributed by atoms with Gasteiger partial charge in [0.25, 0.3) is 0 Å². The Hall–Kier alpha value is -0.670. The van der Waals surface area contributed by atoms with E-state index in [4.69, 9.17) is 5.73 Å². The van der Waals surface area contributed by atoms with Crippen molar-refractivity contribution in [3.05, 3.63) is 24.3 Å². The van der Waals surface area contributed by atoms with E-state index < -0.39 is 5.60 Å². The van der Waals surface area contributed by atoms with Gasteiger partial charge in [0.2, 0.25) is 0 Å². The van der Waals surface area contributed by atoms with Crippen LogP contribution < -0.4 is 5.73 Å². The average Bonchev–Trinajstić information content (AvgIpc) is 2.06. The van der Waals surface area contributed by atoms with E-state index in [1.807, 2.05) is 52.0 Å². The molecule has 0 aliphatic rings. The standard InChI is InChI=1S/C12H19NOS/c1-11(2,14)12(3,4)15-10-8-6-5-7-9(10)13/h5-8,14H,13H2,1-4H3. The predicted octanol–water partition coefficient (Wildman–Crippen LogP) is 2.91. The second-order valence-corrected chi connectivity index (χ2v) is 6.37. The molecule has 84 valence electrons. The Bertz CT molecular complexity index is 342. The number of para-hydroxylation sites is 1. The predicted molar refractivity (Wildman–Crippen MR) is 67.1 cm³/mol. The summed E-state index contributed by atoms with van der Waals surface area (Å²) in [5.41, 5.74) is 5.88. The molecule has 3 N–H and O–H groups in total. The summed E-state index contributed by atoms with van der Waals surface area (Å²) >= 11 is 1.60. The summed E-state index contributed by atoms with van der Waals surface area (Å²) in [6.07, 6.45) is 0. The van der Waals surface area contributed by atoms with Crippen LogP contribution in [-0.2, 0) is 0 Å². The molecule has 3 heteroatoms. The summed E-state index contributed by atoms with van der Waals surface area (Å²) in [5, 5.41) is 10.0. The van der Waals surface area contributed by atoms with E-state index in [2.05, 4.69) is 0 Å². The van der Waals surface area contributed by atoms with Crippen molar-refractivity contribution in [2.75, 3.05) is 5.73 Å². The third-order valence-corrected chi connectivity index (χ3v) is 4.36. The van der Waals surface area contributed by atoms with Crippen LogP contribution in [0.4, 0.5) is 5.69 Å². The molecule has 2 nitrogen and oxygen atoms in total. The highest BCUT2D eigenvalue weighted by molar-refractivity contribution is 8.00. The quantitative estimate of drug-likeness (QED) is 0.614. The minimum atomic E-state index is -0.750. The van der Waals surface area contributed by atoms with Crippen LogP contribution in [0.2, 0.25) is 0 Å². The Morgan fingerprint density at radius 2 is 1.67 bits per heavy atom. The van der Waals surface area contributed by atoms with Crippen LogP contribution in [-0.4, -0.2) is 15.5 Å². The molecule has 0 unspecified atom stereocenters. The highest BCUT2D eigenvalue weighted by atomic mass is 32.2. The Morgan fingerprint density at radius 3 is 2.13 bits per heavy atom. The third kappa shape index (κ3) is 2.89. The molecule has 0 aromatic heterocycles. The zero-order valence-electron chi connectivity index (χ0n) is 9.74. The van der Waals surface area contributed by atoms with Crippen molar-refractivity contribution >= 4 is 17.4 Å². The first-order chi connectivity index (χ1) is 6.74. The third-order valence-electron chi connectivity index (χ3n) is 2.76. The maximum absolute atomic E-state index is 10.0. The van der Waals surface area contributed by atoms with Crippen LogP contribution >= 0.6 is 11.8 Å². The van der Waals surface area contributed by atoms with Crippen molar-refractivity contribution < 1.29 is 5.11 Å². The van der Waals surface area contributed by atoms with Gasteiger partial charge in [0, 0.05) is 15.3 Å². The minimum Gasteiger partial charge on any atom is -0.398 e. The first-order valence-electron chi connectivity index (χ1n) is 5.00. The first-order valence-corrected chi connectivity index (χ1v) is 5.81. The van der Waals surface area contributed by atoms with Gasteiger partial charge in [0.1, 0.15) is 0 Å². The van der Waals surface area contributed by atoms with E-state index in [1.165, 1.54) is 0 Å². The van der Waals surface area contributed by atoms with E-state index in [0.29, 0.717) is 0 Å². The fourth-order valence-corrected chi connectivity index (χ4v) is 2.11. The van der Waals surface area contributed by atoms with Crippen molar-refractivity contribution in [3.63, 3.8) is 0 Å². The van der Waals surface area contributed by atoms with Crippen molar-refractivity contribution in [2.45, 2.75) is 42.9 Å². The second-order valence-electron chi connectivity index (χ2n) is 4.71. The van der Waals surface area contributed by atoms with Gasteiger partial charge in [-0.3, -0.25) is 0 Å². The zero-order valence-corrected chi connectivity index (χ0v) is 10.6. The highest BCUT2D eigenvalue weighted by Crippen LogP contribution is 2.42. The molecular formula is C12H19NOS. The number of benzene rings is 1. The Morgan fingerprint density at radius 1 is 1.13 bits per heavy atom. The van der Waals surface area contributed by atoms with Gasteiger partial charge >= 0.3 is 0 Å². The van der Waals surface area contributed by atoms with Gasteiger partial charge in [-0.1, -0.05) is 12.1 Å². The molecule has 1 aromatic carbocycles. The number of thioether (sulfide) groups is 1. The maximum Gasteiger partial charge on any atom is 0.0735 e. The number of anilines is 1. The lowest BCUT2D eigenvalue weighted by Crippen LogP contribution is -2.42. The van der Waals surface area contributed by atoms with Crippen LogP contribution in [0.3, 0.4) is 0 Å². The Labute approximate surface area is 95.9 Å². The molecule has 0 aliphatic carbocycles. The van der Waals surface area contributed by atoms with Crippen molar-refractivity contribution in [1.82, 2.24) is 0 Å². The van der Waals surface area contributed by atoms with Crippen LogP contribution in [0.5, 0.6) is 0 Å². The van der Waals surface area contributed by atoms with Gasteiger partial charge in [-0.25, -0.2) is 0 Å². The monoisotopic (exact) mass is 225 g/mol. The minimum absolute atomic E-state index is 0.275. The SMILES string of the molecule is CC(C)(O)C(C)(C)Sc1ccccc1N. The lowest BCUT2D eigenvalue weighted by molar-refractivity contribution is 0.0492. The van der Waals surface area contributed by atoms with Gasteiger partial charge in [-0.2, -0.15) is 0 Å². The Balaban J connectivity index is 2.92. The summed E-state index contributed by atoms with van der Waals surface area (Å²) in [7, 11) is 0. The molecule has 0 bridgehead atoms. The summed E-state index contributed by atoms with van der Waals surface area (Å²) in [6, 6.07) is 7.73. The average molecular weight is 225 g/mol. The lowest BCUT2D eigenvalue weighted by atomic mass is 9.94. The van der Waals surface area contributed by atoms with Crippen molar-refractivity contribution in [1.29, 1.82) is 0 Å². The number of nitrogens with two attached hydrogens (primary N) is 1.